The number of nitrogens with two attached hydrogens (primary N) is 1. The molecule has 4 N–H and O–H groups in total. The third-order valence-corrected chi connectivity index (χ3v) is 2.58. The van der Waals surface area contributed by atoms with Crippen molar-refractivity contribution in [2.75, 3.05) is 12.3 Å². The number of anilines is 1. The fourth-order valence-electron chi connectivity index (χ4n) is 1.63. The number of aromatic nitrogens is 2. The molecule has 0 saturated carbocycles. The molecule has 6 nitrogen and oxygen atoms in total. The molecule has 0 atom stereocenters. The molecule has 2 aromatic rings. The fourth-order valence-corrected chi connectivity index (χ4v) is 1.63. The highest BCUT2D eigenvalue weighted by Crippen LogP contribution is 1.97. The minimum absolute atomic E-state index is 0.191. The van der Waals surface area contributed by atoms with Crippen molar-refractivity contribution in [3.05, 3.63) is 48.3 Å². The molecule has 0 fully saturated rings. The molecule has 100 valence electrons. The van der Waals surface area contributed by atoms with Crippen molar-refractivity contribution in [1.29, 1.82) is 0 Å². The largest absolute Gasteiger partial charge is 0.396 e. The van der Waals surface area contributed by atoms with E-state index in [9.17, 15) is 4.79 Å². The van der Waals surface area contributed by atoms with Crippen molar-refractivity contribution in [3.63, 3.8) is 0 Å². The number of rotatable bonds is 5. The summed E-state index contributed by atoms with van der Waals surface area (Å²) in [7, 11) is 0. The summed E-state index contributed by atoms with van der Waals surface area (Å²) in [5.74, 6) is 0. The van der Waals surface area contributed by atoms with Gasteiger partial charge in [-0.25, -0.2) is 4.79 Å². The molecule has 1 aromatic heterocycles. The van der Waals surface area contributed by atoms with E-state index in [1.165, 1.54) is 0 Å². The normalized spacial score (nSPS) is 10.1. The van der Waals surface area contributed by atoms with Gasteiger partial charge in [0.05, 0.1) is 18.4 Å². The van der Waals surface area contributed by atoms with Crippen LogP contribution < -0.4 is 16.4 Å². The Balaban J connectivity index is 1.65. The molecule has 1 heterocycles. The van der Waals surface area contributed by atoms with Gasteiger partial charge in [0.15, 0.2) is 0 Å². The van der Waals surface area contributed by atoms with Crippen LogP contribution in [-0.2, 0) is 13.1 Å². The first-order valence-electron chi connectivity index (χ1n) is 6.07. The monoisotopic (exact) mass is 259 g/mol. The average molecular weight is 259 g/mol. The molecule has 0 aliphatic rings. The van der Waals surface area contributed by atoms with Gasteiger partial charge in [0.2, 0.25) is 0 Å². The van der Waals surface area contributed by atoms with Crippen molar-refractivity contribution in [1.82, 2.24) is 20.4 Å². The molecule has 0 radical (unpaired) electrons. The summed E-state index contributed by atoms with van der Waals surface area (Å²) < 4.78 is 1.69. The lowest BCUT2D eigenvalue weighted by atomic mass is 10.2. The van der Waals surface area contributed by atoms with Gasteiger partial charge in [-0.1, -0.05) is 30.3 Å². The van der Waals surface area contributed by atoms with Crippen LogP contribution in [0.25, 0.3) is 0 Å². The van der Waals surface area contributed by atoms with Crippen LogP contribution in [0.4, 0.5) is 10.5 Å². The SMILES string of the molecule is Nc1cnn(CCNC(=O)NCc2ccccc2)c1. The molecule has 0 saturated heterocycles. The quantitative estimate of drug-likeness (QED) is 0.747. The van der Waals surface area contributed by atoms with Crippen molar-refractivity contribution in [3.8, 4) is 0 Å². The number of amides is 2. The predicted molar refractivity (Wildman–Crippen MR) is 73.3 cm³/mol. The third kappa shape index (κ3) is 4.34. The van der Waals surface area contributed by atoms with Crippen molar-refractivity contribution in [2.45, 2.75) is 13.1 Å². The van der Waals surface area contributed by atoms with Gasteiger partial charge in [-0.3, -0.25) is 4.68 Å². The summed E-state index contributed by atoms with van der Waals surface area (Å²) in [5, 5.41) is 9.57. The molecule has 0 unspecified atom stereocenters. The Morgan fingerprint density at radius 2 is 2.05 bits per heavy atom. The number of nitrogen functional groups attached to an aromatic ring is 1. The zero-order valence-electron chi connectivity index (χ0n) is 10.5. The van der Waals surface area contributed by atoms with Crippen LogP contribution in [0.2, 0.25) is 0 Å². The summed E-state index contributed by atoms with van der Waals surface area (Å²) in [5.41, 5.74) is 7.23. The van der Waals surface area contributed by atoms with Gasteiger partial charge < -0.3 is 16.4 Å². The van der Waals surface area contributed by atoms with Crippen LogP contribution in [0.3, 0.4) is 0 Å². The number of nitrogens with one attached hydrogen (secondary N) is 2. The molecule has 0 aliphatic carbocycles. The van der Waals surface area contributed by atoms with Gasteiger partial charge in [0.25, 0.3) is 0 Å². The lowest BCUT2D eigenvalue weighted by Crippen LogP contribution is -2.36. The van der Waals surface area contributed by atoms with E-state index in [0.717, 1.165) is 5.56 Å². The Labute approximate surface area is 111 Å². The number of nitrogens with zero attached hydrogens (tertiary/aromatic N) is 2. The van der Waals surface area contributed by atoms with E-state index in [0.29, 0.717) is 25.3 Å². The summed E-state index contributed by atoms with van der Waals surface area (Å²) >= 11 is 0. The maximum Gasteiger partial charge on any atom is 0.315 e. The molecule has 19 heavy (non-hydrogen) atoms. The van der Waals surface area contributed by atoms with Crippen molar-refractivity contribution in [2.24, 2.45) is 0 Å². The van der Waals surface area contributed by atoms with E-state index in [4.69, 9.17) is 5.73 Å². The topological polar surface area (TPSA) is 85.0 Å². The Morgan fingerprint density at radius 1 is 1.26 bits per heavy atom. The zero-order chi connectivity index (χ0) is 13.5. The van der Waals surface area contributed by atoms with Gasteiger partial charge in [-0.05, 0) is 5.56 Å². The first-order valence-corrected chi connectivity index (χ1v) is 6.07. The number of benzene rings is 1. The Bertz CT molecular complexity index is 523. The maximum absolute atomic E-state index is 11.5. The standard InChI is InChI=1S/C13H17N5O/c14-12-9-17-18(10-12)7-6-15-13(19)16-8-11-4-2-1-3-5-11/h1-5,9-10H,6-8,14H2,(H2,15,16,19). The summed E-state index contributed by atoms with van der Waals surface area (Å²) in [4.78, 5) is 11.5. The highest BCUT2D eigenvalue weighted by Gasteiger charge is 2.00. The molecule has 6 heteroatoms. The molecule has 0 aliphatic heterocycles. The molecule has 2 amide bonds. The van der Waals surface area contributed by atoms with Gasteiger partial charge in [0, 0.05) is 19.3 Å². The lowest BCUT2D eigenvalue weighted by Gasteiger charge is -2.07. The molecule has 1 aromatic carbocycles. The van der Waals surface area contributed by atoms with E-state index >= 15 is 0 Å². The first kappa shape index (κ1) is 12.9. The number of urea groups is 1. The molecule has 0 spiro atoms. The molecule has 2 rings (SSSR count). The van der Waals surface area contributed by atoms with Crippen LogP contribution in [-0.4, -0.2) is 22.4 Å². The second kappa shape index (κ2) is 6.44. The third-order valence-electron chi connectivity index (χ3n) is 2.58. The van der Waals surface area contributed by atoms with Crippen LogP contribution in [0, 0.1) is 0 Å². The van der Waals surface area contributed by atoms with Gasteiger partial charge in [-0.15, -0.1) is 0 Å². The Hall–Kier alpha value is -2.50. The summed E-state index contributed by atoms with van der Waals surface area (Å²) in [6, 6.07) is 9.57. The van der Waals surface area contributed by atoms with E-state index in [-0.39, 0.29) is 6.03 Å². The van der Waals surface area contributed by atoms with Crippen molar-refractivity contribution < 1.29 is 4.79 Å². The Morgan fingerprint density at radius 3 is 2.74 bits per heavy atom. The van der Waals surface area contributed by atoms with Gasteiger partial charge >= 0.3 is 6.03 Å². The van der Waals surface area contributed by atoms with E-state index < -0.39 is 0 Å². The summed E-state index contributed by atoms with van der Waals surface area (Å²) in [6.07, 6.45) is 3.30. The van der Waals surface area contributed by atoms with E-state index in [1.54, 1.807) is 17.1 Å². The predicted octanol–water partition coefficient (Wildman–Crippen LogP) is 0.965. The van der Waals surface area contributed by atoms with Crippen molar-refractivity contribution >= 4 is 11.7 Å². The van der Waals surface area contributed by atoms with Crippen LogP contribution in [0.1, 0.15) is 5.56 Å². The number of carbonyl (C=O) groups excluding carboxylic acids is 1. The van der Waals surface area contributed by atoms with E-state index in [1.807, 2.05) is 30.3 Å². The first-order chi connectivity index (χ1) is 9.24. The van der Waals surface area contributed by atoms with Crippen LogP contribution in [0.5, 0.6) is 0 Å². The van der Waals surface area contributed by atoms with E-state index in [2.05, 4.69) is 15.7 Å². The Kier molecular flexibility index (Phi) is 4.39. The minimum atomic E-state index is -0.191. The lowest BCUT2D eigenvalue weighted by molar-refractivity contribution is 0.240. The zero-order valence-corrected chi connectivity index (χ0v) is 10.5. The average Bonchev–Trinajstić information content (AvgIpc) is 2.83. The second-order valence-corrected chi connectivity index (χ2v) is 4.13. The highest BCUT2D eigenvalue weighted by molar-refractivity contribution is 5.73. The maximum atomic E-state index is 11.5. The molecular weight excluding hydrogens is 242 g/mol. The fraction of sp³-hybridized carbons (Fsp3) is 0.231. The highest BCUT2D eigenvalue weighted by atomic mass is 16.2. The summed E-state index contributed by atoms with van der Waals surface area (Å²) in [6.45, 7) is 1.61. The van der Waals surface area contributed by atoms with Gasteiger partial charge in [0.1, 0.15) is 0 Å². The number of hydrogen-bond donors (Lipinski definition) is 3. The smallest absolute Gasteiger partial charge is 0.315 e. The van der Waals surface area contributed by atoms with Crippen LogP contribution in [0.15, 0.2) is 42.7 Å². The number of carbonyl (C=O) groups is 1. The molecule has 0 bridgehead atoms. The second-order valence-electron chi connectivity index (χ2n) is 4.13. The van der Waals surface area contributed by atoms with Crippen LogP contribution >= 0.6 is 0 Å². The minimum Gasteiger partial charge on any atom is -0.396 e. The molecular formula is C13H17N5O. The van der Waals surface area contributed by atoms with Gasteiger partial charge in [-0.2, -0.15) is 5.10 Å². The number of hydrogen-bond acceptors (Lipinski definition) is 3.